The number of thioether (sulfide) groups is 1. The van der Waals surface area contributed by atoms with Gasteiger partial charge in [0.25, 0.3) is 0 Å². The van der Waals surface area contributed by atoms with Crippen molar-refractivity contribution in [1.82, 2.24) is 15.0 Å². The van der Waals surface area contributed by atoms with Gasteiger partial charge in [0.1, 0.15) is 5.82 Å². The summed E-state index contributed by atoms with van der Waals surface area (Å²) in [6.45, 7) is 6.86. The lowest BCUT2D eigenvalue weighted by Crippen LogP contribution is -2.25. The molecule has 0 saturated carbocycles. The average Bonchev–Trinajstić information content (AvgIpc) is 2.75. The van der Waals surface area contributed by atoms with Crippen molar-refractivity contribution in [2.75, 3.05) is 24.2 Å². The van der Waals surface area contributed by atoms with Gasteiger partial charge in [0.05, 0.1) is 16.6 Å². The standard InChI is InChI=1S/C17H19ClF3N5S/c1-8(27-15-24-11(17(19,20)21)6-12(22)25-15)10-5-9-13(14(18)23-10)26(4)7-16(9,2)3/h5-6,8H,7H2,1-4H3,(H2,22,24,25). The van der Waals surface area contributed by atoms with Crippen molar-refractivity contribution in [3.8, 4) is 0 Å². The molecule has 1 aliphatic heterocycles. The molecule has 0 spiro atoms. The van der Waals surface area contributed by atoms with Crippen LogP contribution in [0.25, 0.3) is 0 Å². The summed E-state index contributed by atoms with van der Waals surface area (Å²) in [5.41, 5.74) is 6.96. The molecule has 1 aliphatic rings. The fraction of sp³-hybridized carbons (Fsp3) is 0.471. The Morgan fingerprint density at radius 1 is 1.26 bits per heavy atom. The van der Waals surface area contributed by atoms with E-state index < -0.39 is 11.9 Å². The highest BCUT2D eigenvalue weighted by Crippen LogP contribution is 2.45. The molecule has 2 N–H and O–H groups in total. The van der Waals surface area contributed by atoms with E-state index in [4.69, 9.17) is 17.3 Å². The molecule has 0 bridgehead atoms. The van der Waals surface area contributed by atoms with Crippen molar-refractivity contribution >= 4 is 34.9 Å². The van der Waals surface area contributed by atoms with E-state index in [1.165, 1.54) is 0 Å². The highest BCUT2D eigenvalue weighted by Gasteiger charge is 2.37. The lowest BCUT2D eigenvalue weighted by Gasteiger charge is -2.19. The Hall–Kier alpha value is -1.74. The lowest BCUT2D eigenvalue weighted by atomic mass is 9.87. The number of fused-ring (bicyclic) bond motifs is 1. The van der Waals surface area contributed by atoms with Gasteiger partial charge in [0.15, 0.2) is 16.0 Å². The van der Waals surface area contributed by atoms with E-state index in [0.29, 0.717) is 10.8 Å². The van der Waals surface area contributed by atoms with Crippen LogP contribution in [-0.4, -0.2) is 28.5 Å². The summed E-state index contributed by atoms with van der Waals surface area (Å²) in [7, 11) is 1.96. The molecule has 146 valence electrons. The summed E-state index contributed by atoms with van der Waals surface area (Å²) in [5, 5.41) is 0.0227. The molecule has 3 heterocycles. The molecule has 2 aromatic heterocycles. The molecule has 0 amide bonds. The molecule has 0 aliphatic carbocycles. The van der Waals surface area contributed by atoms with Crippen LogP contribution in [0.15, 0.2) is 17.3 Å². The number of rotatable bonds is 3. The number of anilines is 2. The van der Waals surface area contributed by atoms with Crippen LogP contribution in [-0.2, 0) is 11.6 Å². The Balaban J connectivity index is 1.93. The fourth-order valence-electron chi connectivity index (χ4n) is 3.23. The van der Waals surface area contributed by atoms with E-state index in [9.17, 15) is 13.2 Å². The number of nitrogens with two attached hydrogens (primary N) is 1. The number of nitrogen functional groups attached to an aromatic ring is 1. The van der Waals surface area contributed by atoms with Crippen LogP contribution >= 0.6 is 23.4 Å². The average molecular weight is 418 g/mol. The zero-order valence-corrected chi connectivity index (χ0v) is 16.8. The van der Waals surface area contributed by atoms with Crippen molar-refractivity contribution in [1.29, 1.82) is 0 Å². The van der Waals surface area contributed by atoms with E-state index in [0.717, 1.165) is 35.6 Å². The Labute approximate surface area is 164 Å². The van der Waals surface area contributed by atoms with E-state index in [1.807, 2.05) is 20.0 Å². The smallest absolute Gasteiger partial charge is 0.384 e. The highest BCUT2D eigenvalue weighted by molar-refractivity contribution is 7.99. The number of nitrogens with zero attached hydrogens (tertiary/aromatic N) is 4. The van der Waals surface area contributed by atoms with Crippen LogP contribution in [0.3, 0.4) is 0 Å². The van der Waals surface area contributed by atoms with Crippen LogP contribution in [0.4, 0.5) is 24.7 Å². The zero-order chi connectivity index (χ0) is 20.1. The minimum Gasteiger partial charge on any atom is -0.384 e. The van der Waals surface area contributed by atoms with Gasteiger partial charge in [-0.25, -0.2) is 15.0 Å². The minimum atomic E-state index is -4.58. The predicted octanol–water partition coefficient (Wildman–Crippen LogP) is 4.71. The summed E-state index contributed by atoms with van der Waals surface area (Å²) >= 11 is 7.45. The first-order chi connectivity index (χ1) is 12.4. The first-order valence-corrected chi connectivity index (χ1v) is 9.45. The molecular weight excluding hydrogens is 399 g/mol. The number of halogens is 4. The molecule has 1 unspecified atom stereocenters. The molecule has 0 aromatic carbocycles. The number of aromatic nitrogens is 3. The second kappa shape index (κ2) is 6.70. The van der Waals surface area contributed by atoms with Gasteiger partial charge in [-0.2, -0.15) is 13.2 Å². The van der Waals surface area contributed by atoms with Crippen LogP contribution in [0.1, 0.15) is 43.0 Å². The molecule has 0 saturated heterocycles. The normalized spacial score (nSPS) is 17.1. The van der Waals surface area contributed by atoms with E-state index in [2.05, 4.69) is 33.7 Å². The van der Waals surface area contributed by atoms with Crippen LogP contribution in [0.2, 0.25) is 5.15 Å². The largest absolute Gasteiger partial charge is 0.433 e. The Bertz CT molecular complexity index is 888. The number of hydrogen-bond acceptors (Lipinski definition) is 6. The molecule has 0 fully saturated rings. The Kier molecular flexibility index (Phi) is 4.96. The van der Waals surface area contributed by atoms with E-state index in [-0.39, 0.29) is 21.6 Å². The SMILES string of the molecule is CC(Sc1nc(N)cc(C(F)(F)F)n1)c1cc2c(c(Cl)n1)N(C)CC2(C)C. The molecule has 0 radical (unpaired) electrons. The summed E-state index contributed by atoms with van der Waals surface area (Å²) < 4.78 is 38.8. The molecule has 5 nitrogen and oxygen atoms in total. The Morgan fingerprint density at radius 3 is 2.56 bits per heavy atom. The molecule has 2 aromatic rings. The van der Waals surface area contributed by atoms with Gasteiger partial charge >= 0.3 is 6.18 Å². The van der Waals surface area contributed by atoms with Gasteiger partial charge in [0, 0.05) is 25.1 Å². The van der Waals surface area contributed by atoms with E-state index in [1.54, 1.807) is 0 Å². The molecule has 10 heteroatoms. The van der Waals surface area contributed by atoms with Gasteiger partial charge in [0.2, 0.25) is 0 Å². The van der Waals surface area contributed by atoms with Crippen LogP contribution < -0.4 is 10.6 Å². The number of alkyl halides is 3. The molecule has 1 atom stereocenters. The molecule has 27 heavy (non-hydrogen) atoms. The predicted molar refractivity (Wildman–Crippen MR) is 101 cm³/mol. The quantitative estimate of drug-likeness (QED) is 0.443. The zero-order valence-electron chi connectivity index (χ0n) is 15.2. The van der Waals surface area contributed by atoms with Crippen LogP contribution in [0, 0.1) is 0 Å². The third kappa shape index (κ3) is 3.94. The van der Waals surface area contributed by atoms with Crippen molar-refractivity contribution < 1.29 is 13.2 Å². The molecular formula is C17H19ClF3N5S. The monoisotopic (exact) mass is 417 g/mol. The maximum atomic E-state index is 12.9. The van der Waals surface area contributed by atoms with Gasteiger partial charge in [-0.15, -0.1) is 0 Å². The number of likely N-dealkylation sites (N-methyl/N-ethyl adjacent to an activating group) is 1. The third-order valence-corrected chi connectivity index (χ3v) is 5.68. The van der Waals surface area contributed by atoms with Crippen molar-refractivity contribution in [3.63, 3.8) is 0 Å². The highest BCUT2D eigenvalue weighted by atomic mass is 35.5. The summed E-state index contributed by atoms with van der Waals surface area (Å²) in [4.78, 5) is 14.0. The van der Waals surface area contributed by atoms with Gasteiger partial charge < -0.3 is 10.6 Å². The lowest BCUT2D eigenvalue weighted by molar-refractivity contribution is -0.141. The third-order valence-electron chi connectivity index (χ3n) is 4.43. The van der Waals surface area contributed by atoms with Crippen molar-refractivity contribution in [2.24, 2.45) is 0 Å². The van der Waals surface area contributed by atoms with Gasteiger partial charge in [-0.1, -0.05) is 37.2 Å². The van der Waals surface area contributed by atoms with Crippen molar-refractivity contribution in [2.45, 2.75) is 42.8 Å². The number of pyridine rings is 1. The second-order valence-corrected chi connectivity index (χ2v) is 8.86. The first kappa shape index (κ1) is 20.0. The molecule has 3 rings (SSSR count). The number of hydrogen-bond donors (Lipinski definition) is 1. The summed E-state index contributed by atoms with van der Waals surface area (Å²) in [5.74, 6) is -0.227. The Morgan fingerprint density at radius 2 is 1.93 bits per heavy atom. The van der Waals surface area contributed by atoms with Crippen molar-refractivity contribution in [3.05, 3.63) is 34.2 Å². The fourth-order valence-corrected chi connectivity index (χ4v) is 4.44. The first-order valence-electron chi connectivity index (χ1n) is 8.19. The second-order valence-electron chi connectivity index (χ2n) is 7.19. The van der Waals surface area contributed by atoms with E-state index >= 15 is 0 Å². The summed E-state index contributed by atoms with van der Waals surface area (Å²) in [6, 6.07) is 2.68. The topological polar surface area (TPSA) is 67.9 Å². The van der Waals surface area contributed by atoms with Gasteiger partial charge in [-0.05, 0) is 18.6 Å². The maximum Gasteiger partial charge on any atom is 0.433 e. The minimum absolute atomic E-state index is 0.0513. The maximum absolute atomic E-state index is 12.9. The summed E-state index contributed by atoms with van der Waals surface area (Å²) in [6.07, 6.45) is -4.58. The van der Waals surface area contributed by atoms with Gasteiger partial charge in [-0.3, -0.25) is 0 Å². The van der Waals surface area contributed by atoms with Crippen LogP contribution in [0.5, 0.6) is 0 Å².